The molecule has 2 aromatic carbocycles. The van der Waals surface area contributed by atoms with Crippen LogP contribution in [0.1, 0.15) is 72.9 Å². The van der Waals surface area contributed by atoms with Gasteiger partial charge in [0.1, 0.15) is 17.6 Å². The lowest BCUT2D eigenvalue weighted by atomic mass is 9.82. The first kappa shape index (κ1) is 26.5. The van der Waals surface area contributed by atoms with Crippen LogP contribution in [0.25, 0.3) is 0 Å². The van der Waals surface area contributed by atoms with Crippen LogP contribution in [0.2, 0.25) is 0 Å². The van der Waals surface area contributed by atoms with Crippen LogP contribution in [0.15, 0.2) is 42.5 Å². The summed E-state index contributed by atoms with van der Waals surface area (Å²) in [6.45, 7) is 1.70. The monoisotopic (exact) mass is 506 g/mol. The van der Waals surface area contributed by atoms with Gasteiger partial charge in [-0.1, -0.05) is 18.2 Å². The number of hydrogen-bond donors (Lipinski definition) is 0. The zero-order valence-electron chi connectivity index (χ0n) is 20.8. The molecule has 2 radical (unpaired) electrons. The number of ether oxygens (including phenoxy) is 3. The Labute approximate surface area is 215 Å². The molecule has 0 saturated heterocycles. The summed E-state index contributed by atoms with van der Waals surface area (Å²) in [7, 11) is 0. The summed E-state index contributed by atoms with van der Waals surface area (Å²) in [4.78, 5) is 48.6. The molecule has 0 N–H and O–H groups in total. The molecule has 2 aliphatic carbocycles. The molecule has 0 unspecified atom stereocenters. The standard InChI is InChI=1S/C29H30O8/c1-18-25(36-28(33)20-7-5-19(17-30)6-8-20)3-2-4-26(18)37-29(34)22-11-9-21(10-12-22)27(32)35-24-15-13-23(31)14-16-24/h2-8,21-24H,9-16H2,1H3/t21-,22-,23-,24-. The Morgan fingerprint density at radius 1 is 0.757 bits per heavy atom. The summed E-state index contributed by atoms with van der Waals surface area (Å²) in [6, 6.07) is 10.8. The van der Waals surface area contributed by atoms with Crippen molar-refractivity contribution in [3.8, 4) is 11.5 Å². The average molecular weight is 507 g/mol. The van der Waals surface area contributed by atoms with Crippen LogP contribution in [-0.2, 0) is 24.2 Å². The van der Waals surface area contributed by atoms with E-state index >= 15 is 0 Å². The quantitative estimate of drug-likeness (QED) is 0.396. The fraction of sp³-hybridized carbons (Fsp3) is 0.448. The summed E-state index contributed by atoms with van der Waals surface area (Å²) >= 11 is 0. The highest BCUT2D eigenvalue weighted by molar-refractivity contribution is 5.92. The second kappa shape index (κ2) is 12.1. The van der Waals surface area contributed by atoms with E-state index in [0.29, 0.717) is 68.2 Å². The van der Waals surface area contributed by atoms with Crippen molar-refractivity contribution in [2.24, 2.45) is 11.8 Å². The summed E-state index contributed by atoms with van der Waals surface area (Å²) in [5.41, 5.74) is 1.11. The molecule has 4 rings (SSSR count). The number of benzene rings is 2. The van der Waals surface area contributed by atoms with E-state index in [0.717, 1.165) is 0 Å². The van der Waals surface area contributed by atoms with Crippen molar-refractivity contribution in [2.45, 2.75) is 70.5 Å². The largest absolute Gasteiger partial charge is 0.462 e. The average Bonchev–Trinajstić information content (AvgIpc) is 2.92. The highest BCUT2D eigenvalue weighted by atomic mass is 16.6. The Balaban J connectivity index is 1.29. The molecule has 0 amide bonds. The Morgan fingerprint density at radius 2 is 1.32 bits per heavy atom. The van der Waals surface area contributed by atoms with Crippen molar-refractivity contribution in [1.82, 2.24) is 0 Å². The van der Waals surface area contributed by atoms with Crippen LogP contribution < -0.4 is 9.47 Å². The molecule has 8 heteroatoms. The van der Waals surface area contributed by atoms with Crippen LogP contribution >= 0.6 is 0 Å². The van der Waals surface area contributed by atoms with Crippen molar-refractivity contribution in [1.29, 1.82) is 0 Å². The van der Waals surface area contributed by atoms with Gasteiger partial charge in [-0.2, -0.15) is 0 Å². The van der Waals surface area contributed by atoms with Crippen molar-refractivity contribution >= 4 is 24.2 Å². The fourth-order valence-corrected chi connectivity index (χ4v) is 4.82. The van der Waals surface area contributed by atoms with Gasteiger partial charge in [-0.3, -0.25) is 14.4 Å². The molecule has 2 aliphatic rings. The van der Waals surface area contributed by atoms with Gasteiger partial charge in [0.05, 0.1) is 23.5 Å². The molecule has 194 valence electrons. The molecular formula is C29H30O8. The van der Waals surface area contributed by atoms with E-state index in [1.165, 1.54) is 24.3 Å². The zero-order valence-corrected chi connectivity index (χ0v) is 20.8. The van der Waals surface area contributed by atoms with E-state index in [2.05, 4.69) is 0 Å². The molecule has 0 spiro atoms. The lowest BCUT2D eigenvalue weighted by molar-refractivity contribution is -0.159. The van der Waals surface area contributed by atoms with Gasteiger partial charge in [0.15, 0.2) is 0 Å². The summed E-state index contributed by atoms with van der Waals surface area (Å²) in [6.07, 6.45) is 5.51. The van der Waals surface area contributed by atoms with Crippen LogP contribution in [-0.4, -0.2) is 36.4 Å². The zero-order chi connectivity index (χ0) is 26.4. The van der Waals surface area contributed by atoms with Gasteiger partial charge in [0.25, 0.3) is 0 Å². The van der Waals surface area contributed by atoms with E-state index < -0.39 is 12.1 Å². The van der Waals surface area contributed by atoms with Gasteiger partial charge >= 0.3 is 17.9 Å². The molecule has 2 fully saturated rings. The number of carbonyl (C=O) groups excluding carboxylic acids is 4. The smallest absolute Gasteiger partial charge is 0.343 e. The second-order valence-electron chi connectivity index (χ2n) is 9.75. The second-order valence-corrected chi connectivity index (χ2v) is 9.75. The Bertz CT molecular complexity index is 1120. The van der Waals surface area contributed by atoms with Crippen molar-refractivity contribution in [3.05, 3.63) is 59.2 Å². The third-order valence-corrected chi connectivity index (χ3v) is 7.18. The summed E-state index contributed by atoms with van der Waals surface area (Å²) in [5, 5.41) is 11.5. The maximum Gasteiger partial charge on any atom is 0.343 e. The normalized spacial score (nSPS) is 23.5. The van der Waals surface area contributed by atoms with Gasteiger partial charge in [-0.25, -0.2) is 9.90 Å². The van der Waals surface area contributed by atoms with E-state index in [9.17, 15) is 24.3 Å². The predicted molar refractivity (Wildman–Crippen MR) is 131 cm³/mol. The van der Waals surface area contributed by atoms with Crippen molar-refractivity contribution in [3.63, 3.8) is 0 Å². The van der Waals surface area contributed by atoms with Crippen LogP contribution in [0.5, 0.6) is 11.5 Å². The molecule has 37 heavy (non-hydrogen) atoms. The van der Waals surface area contributed by atoms with Crippen molar-refractivity contribution < 1.29 is 38.5 Å². The van der Waals surface area contributed by atoms with Gasteiger partial charge in [0.2, 0.25) is 6.29 Å². The third-order valence-electron chi connectivity index (χ3n) is 7.18. The van der Waals surface area contributed by atoms with E-state index in [-0.39, 0.29) is 41.2 Å². The first-order chi connectivity index (χ1) is 17.8. The molecule has 0 atom stereocenters. The number of esters is 3. The van der Waals surface area contributed by atoms with E-state index in [1.54, 1.807) is 31.4 Å². The minimum absolute atomic E-state index is 0.168. The number of hydrogen-bond acceptors (Lipinski definition) is 7. The SMILES string of the molecule is Cc1c(OC(=O)c2ccc([C]=O)cc2)cccc1OC(=O)[C@H]1CC[C@H](C(=O)O[C@H]2CC[C@H]([O])CC2)CC1. The highest BCUT2D eigenvalue weighted by Crippen LogP contribution is 2.34. The molecular weight excluding hydrogens is 476 g/mol. The summed E-state index contributed by atoms with van der Waals surface area (Å²) in [5.74, 6) is -1.22. The maximum absolute atomic E-state index is 12.9. The van der Waals surface area contributed by atoms with Gasteiger partial charge in [-0.15, -0.1) is 0 Å². The lowest BCUT2D eigenvalue weighted by Crippen LogP contribution is -2.32. The molecule has 8 nitrogen and oxygen atoms in total. The molecule has 2 saturated carbocycles. The minimum atomic E-state index is -0.602. The molecule has 0 aliphatic heterocycles. The molecule has 2 aromatic rings. The highest BCUT2D eigenvalue weighted by Gasteiger charge is 2.34. The first-order valence-electron chi connectivity index (χ1n) is 12.7. The van der Waals surface area contributed by atoms with Gasteiger partial charge in [0, 0.05) is 11.1 Å². The maximum atomic E-state index is 12.9. The number of carbonyl (C=O) groups is 3. The molecule has 0 heterocycles. The van der Waals surface area contributed by atoms with E-state index in [4.69, 9.17) is 14.2 Å². The Hall–Kier alpha value is -3.52. The number of rotatable bonds is 7. The van der Waals surface area contributed by atoms with E-state index in [1.807, 2.05) is 0 Å². The molecule has 0 bridgehead atoms. The lowest BCUT2D eigenvalue weighted by Gasteiger charge is -2.29. The van der Waals surface area contributed by atoms with Gasteiger partial charge in [-0.05, 0) is 82.6 Å². The third kappa shape index (κ3) is 6.83. The first-order valence-corrected chi connectivity index (χ1v) is 12.7. The topological polar surface area (TPSA) is 116 Å². The van der Waals surface area contributed by atoms with Crippen LogP contribution in [0.4, 0.5) is 0 Å². The van der Waals surface area contributed by atoms with Crippen molar-refractivity contribution in [2.75, 3.05) is 0 Å². The predicted octanol–water partition coefficient (Wildman–Crippen LogP) is 4.67. The fourth-order valence-electron chi connectivity index (χ4n) is 4.82. The van der Waals surface area contributed by atoms with Gasteiger partial charge < -0.3 is 14.2 Å². The van der Waals surface area contributed by atoms with Crippen LogP contribution in [0.3, 0.4) is 0 Å². The molecule has 0 aromatic heterocycles. The minimum Gasteiger partial charge on any atom is -0.462 e. The summed E-state index contributed by atoms with van der Waals surface area (Å²) < 4.78 is 16.8. The Morgan fingerprint density at radius 3 is 1.92 bits per heavy atom. The van der Waals surface area contributed by atoms with Crippen LogP contribution in [0, 0.1) is 18.8 Å². The Kier molecular flexibility index (Phi) is 8.71.